The van der Waals surface area contributed by atoms with Crippen LogP contribution in [0.4, 0.5) is 0 Å². The Kier molecular flexibility index (Phi) is 44.2. The Morgan fingerprint density at radius 3 is 1.48 bits per heavy atom. The van der Waals surface area contributed by atoms with Crippen LogP contribution in [0, 0.1) is 0 Å². The molecule has 0 saturated heterocycles. The van der Waals surface area contributed by atoms with E-state index in [1.54, 1.807) is 0 Å². The van der Waals surface area contributed by atoms with Gasteiger partial charge in [0.25, 0.3) is 0 Å². The summed E-state index contributed by atoms with van der Waals surface area (Å²) in [6.45, 7) is 6.34. The van der Waals surface area contributed by atoms with E-state index in [1.165, 1.54) is 103 Å². The van der Waals surface area contributed by atoms with Gasteiger partial charge in [-0.15, -0.1) is 0 Å². The predicted octanol–water partition coefficient (Wildman–Crippen LogP) is 14.7. The Hall–Kier alpha value is -2.18. The molecule has 0 aromatic carbocycles. The van der Waals surface area contributed by atoms with E-state index in [1.807, 2.05) is 0 Å². The minimum absolute atomic E-state index is 0.0616. The Morgan fingerprint density at radius 2 is 0.931 bits per heavy atom. The molecule has 6 nitrogen and oxygen atoms in total. The van der Waals surface area contributed by atoms with Crippen LogP contribution in [0.15, 0.2) is 48.6 Å². The Bertz CT molecular complexity index is 1000. The largest absolute Gasteiger partial charge is 0.462 e. The van der Waals surface area contributed by atoms with Gasteiger partial charge in [-0.25, -0.2) is 0 Å². The van der Waals surface area contributed by atoms with Gasteiger partial charge in [-0.2, -0.15) is 0 Å². The van der Waals surface area contributed by atoms with Crippen molar-refractivity contribution in [2.45, 2.75) is 264 Å². The van der Waals surface area contributed by atoms with Gasteiger partial charge in [-0.05, 0) is 83.5 Å². The van der Waals surface area contributed by atoms with Crippen molar-refractivity contribution in [3.63, 3.8) is 0 Å². The van der Waals surface area contributed by atoms with E-state index in [9.17, 15) is 19.8 Å². The number of carbonyl (C=O) groups excluding carboxylic acids is 2. The van der Waals surface area contributed by atoms with Crippen LogP contribution in [0.5, 0.6) is 0 Å². The van der Waals surface area contributed by atoms with Gasteiger partial charge in [0, 0.05) is 6.42 Å². The number of aliphatic hydroxyl groups excluding tert-OH is 2. The lowest BCUT2D eigenvalue weighted by Crippen LogP contribution is -2.46. The number of allylic oxidation sites excluding steroid dienone is 8. The van der Waals surface area contributed by atoms with Gasteiger partial charge in [0.15, 0.2) is 0 Å². The maximum atomic E-state index is 13.2. The van der Waals surface area contributed by atoms with Crippen molar-refractivity contribution in [3.8, 4) is 0 Å². The fourth-order valence-electron chi connectivity index (χ4n) is 7.38. The van der Waals surface area contributed by atoms with Crippen molar-refractivity contribution in [1.29, 1.82) is 0 Å². The second kappa shape index (κ2) is 45.9. The molecule has 0 aromatic heterocycles. The highest BCUT2D eigenvalue weighted by atomic mass is 16.5. The van der Waals surface area contributed by atoms with E-state index in [0.29, 0.717) is 19.3 Å². The Labute approximate surface area is 359 Å². The third-order valence-electron chi connectivity index (χ3n) is 11.1. The second-order valence-corrected chi connectivity index (χ2v) is 16.8. The first-order valence-corrected chi connectivity index (χ1v) is 24.9. The van der Waals surface area contributed by atoms with Crippen LogP contribution in [0.1, 0.15) is 245 Å². The summed E-state index contributed by atoms with van der Waals surface area (Å²) in [6.07, 6.45) is 54.6. The summed E-state index contributed by atoms with van der Waals surface area (Å²) in [7, 11) is 0. The van der Waals surface area contributed by atoms with E-state index in [2.05, 4.69) is 74.7 Å². The average molecular weight is 814 g/mol. The van der Waals surface area contributed by atoms with E-state index in [-0.39, 0.29) is 24.9 Å². The molecule has 3 unspecified atom stereocenters. The number of carbonyl (C=O) groups is 2. The summed E-state index contributed by atoms with van der Waals surface area (Å²) in [5.41, 5.74) is 0. The van der Waals surface area contributed by atoms with Gasteiger partial charge in [0.2, 0.25) is 5.91 Å². The molecule has 0 aliphatic rings. The summed E-state index contributed by atoms with van der Waals surface area (Å²) in [5, 5.41) is 23.7. The Balaban J connectivity index is 4.54. The standard InChI is InChI=1S/C52H95NO5/c1-4-7-10-13-16-19-22-24-25-26-28-30-33-36-39-42-45-52(57)58-48(43-40-37-34-31-21-18-15-12-9-6-3)46-51(56)53-49(47-54)50(55)44-41-38-35-32-29-27-23-20-17-14-11-8-5-2/h7,10,16,18-19,21,24-25,48-50,54-55H,4-6,8-9,11-15,17,20,22-23,26-47H2,1-3H3,(H,53,56)/b10-7+,19-16+,21-18-,25-24+. The maximum absolute atomic E-state index is 13.2. The van der Waals surface area contributed by atoms with Gasteiger partial charge in [-0.1, -0.05) is 198 Å². The Morgan fingerprint density at radius 1 is 0.517 bits per heavy atom. The number of esters is 1. The summed E-state index contributed by atoms with van der Waals surface area (Å²) in [5.74, 6) is -0.503. The molecule has 0 spiro atoms. The van der Waals surface area contributed by atoms with Crippen LogP contribution < -0.4 is 5.32 Å². The summed E-state index contributed by atoms with van der Waals surface area (Å²) in [4.78, 5) is 26.0. The number of aliphatic hydroxyl groups is 2. The van der Waals surface area contributed by atoms with Crippen molar-refractivity contribution in [2.75, 3.05) is 6.61 Å². The smallest absolute Gasteiger partial charge is 0.306 e. The van der Waals surface area contributed by atoms with Crippen LogP contribution >= 0.6 is 0 Å². The molecular weight excluding hydrogens is 719 g/mol. The average Bonchev–Trinajstić information content (AvgIpc) is 3.22. The summed E-state index contributed by atoms with van der Waals surface area (Å²) >= 11 is 0. The normalized spacial score (nSPS) is 13.7. The first-order valence-electron chi connectivity index (χ1n) is 24.9. The van der Waals surface area contributed by atoms with Crippen molar-refractivity contribution < 1.29 is 24.5 Å². The number of amides is 1. The molecular formula is C52H95NO5. The zero-order chi connectivity index (χ0) is 42.4. The SMILES string of the molecule is CC/C=C/C/C=C/C/C=C/CCCCCCCCC(=O)OC(CCCCC/C=C\CCCCC)CC(=O)NC(CO)C(O)CCCCCCCCCCCCCCC. The number of hydrogen-bond acceptors (Lipinski definition) is 5. The highest BCUT2D eigenvalue weighted by Crippen LogP contribution is 2.17. The van der Waals surface area contributed by atoms with Crippen LogP contribution in [0.25, 0.3) is 0 Å². The third-order valence-corrected chi connectivity index (χ3v) is 11.1. The van der Waals surface area contributed by atoms with Crippen molar-refractivity contribution in [1.82, 2.24) is 5.32 Å². The molecule has 58 heavy (non-hydrogen) atoms. The van der Waals surface area contributed by atoms with Crippen LogP contribution in [0.2, 0.25) is 0 Å². The molecule has 0 bridgehead atoms. The molecule has 3 N–H and O–H groups in total. The van der Waals surface area contributed by atoms with E-state index < -0.39 is 18.2 Å². The third kappa shape index (κ3) is 40.6. The maximum Gasteiger partial charge on any atom is 0.306 e. The second-order valence-electron chi connectivity index (χ2n) is 16.8. The number of ether oxygens (including phenoxy) is 1. The molecule has 0 aliphatic carbocycles. The molecule has 0 radical (unpaired) electrons. The molecule has 1 amide bonds. The first-order chi connectivity index (χ1) is 28.5. The monoisotopic (exact) mass is 814 g/mol. The van der Waals surface area contributed by atoms with Crippen LogP contribution in [0.3, 0.4) is 0 Å². The first kappa shape index (κ1) is 55.8. The lowest BCUT2D eigenvalue weighted by molar-refractivity contribution is -0.151. The van der Waals surface area contributed by atoms with Gasteiger partial charge in [-0.3, -0.25) is 9.59 Å². The minimum atomic E-state index is -0.792. The van der Waals surface area contributed by atoms with Crippen LogP contribution in [-0.2, 0) is 14.3 Å². The van der Waals surface area contributed by atoms with Gasteiger partial charge in [0.1, 0.15) is 6.10 Å². The highest BCUT2D eigenvalue weighted by Gasteiger charge is 2.24. The molecule has 0 rings (SSSR count). The van der Waals surface area contributed by atoms with E-state index in [4.69, 9.17) is 4.74 Å². The number of rotatable bonds is 44. The van der Waals surface area contributed by atoms with E-state index >= 15 is 0 Å². The lowest BCUT2D eigenvalue weighted by atomic mass is 10.0. The number of unbranched alkanes of at least 4 members (excludes halogenated alkanes) is 24. The topological polar surface area (TPSA) is 95.9 Å². The number of nitrogens with one attached hydrogen (secondary N) is 1. The van der Waals surface area contributed by atoms with Crippen molar-refractivity contribution in [2.24, 2.45) is 0 Å². The fraction of sp³-hybridized carbons (Fsp3) is 0.808. The molecule has 6 heteroatoms. The predicted molar refractivity (Wildman–Crippen MR) is 250 cm³/mol. The summed E-state index contributed by atoms with van der Waals surface area (Å²) in [6, 6.07) is -0.707. The molecule has 0 fully saturated rings. The fourth-order valence-corrected chi connectivity index (χ4v) is 7.38. The van der Waals surface area contributed by atoms with Gasteiger partial charge < -0.3 is 20.3 Å². The van der Waals surface area contributed by atoms with E-state index in [0.717, 1.165) is 96.3 Å². The molecule has 0 aliphatic heterocycles. The summed E-state index contributed by atoms with van der Waals surface area (Å²) < 4.78 is 5.90. The van der Waals surface area contributed by atoms with Crippen molar-refractivity contribution >= 4 is 11.9 Å². The lowest BCUT2D eigenvalue weighted by Gasteiger charge is -2.24. The molecule has 3 atom stereocenters. The zero-order valence-electron chi connectivity index (χ0n) is 38.4. The molecule has 0 aromatic rings. The molecule has 0 heterocycles. The minimum Gasteiger partial charge on any atom is -0.462 e. The van der Waals surface area contributed by atoms with Gasteiger partial charge >= 0.3 is 5.97 Å². The zero-order valence-corrected chi connectivity index (χ0v) is 38.4. The molecule has 338 valence electrons. The quantitative estimate of drug-likeness (QED) is 0.0323. The number of hydrogen-bond donors (Lipinski definition) is 3. The highest BCUT2D eigenvalue weighted by molar-refractivity contribution is 5.77. The van der Waals surface area contributed by atoms with Gasteiger partial charge in [0.05, 0.1) is 25.2 Å². The van der Waals surface area contributed by atoms with Crippen molar-refractivity contribution in [3.05, 3.63) is 48.6 Å². The molecule has 0 saturated carbocycles. The van der Waals surface area contributed by atoms with Crippen LogP contribution in [-0.4, -0.2) is 46.9 Å².